The summed E-state index contributed by atoms with van der Waals surface area (Å²) in [7, 11) is 0. The summed E-state index contributed by atoms with van der Waals surface area (Å²) in [5.74, 6) is 0. The van der Waals surface area contributed by atoms with Gasteiger partial charge in [-0.25, -0.2) is 4.99 Å². The lowest BCUT2D eigenvalue weighted by atomic mass is 9.91. The van der Waals surface area contributed by atoms with E-state index >= 15 is 0 Å². The molecule has 1 aromatic rings. The van der Waals surface area contributed by atoms with E-state index in [1.54, 1.807) is 12.1 Å². The van der Waals surface area contributed by atoms with Crippen molar-refractivity contribution in [3.8, 4) is 0 Å². The molecule has 0 saturated carbocycles. The normalized spacial score (nSPS) is 19.2. The average Bonchev–Trinajstić information content (AvgIpc) is 2.37. The van der Waals surface area contributed by atoms with Gasteiger partial charge in [0.15, 0.2) is 5.17 Å². The molecule has 20 heavy (non-hydrogen) atoms. The molecule has 1 unspecified atom stereocenters. The Hall–Kier alpha value is -1.82. The van der Waals surface area contributed by atoms with Gasteiger partial charge in [-0.05, 0) is 11.6 Å². The van der Waals surface area contributed by atoms with Gasteiger partial charge in [0, 0.05) is 23.2 Å². The maximum atomic E-state index is 10.9. The van der Waals surface area contributed by atoms with E-state index in [2.05, 4.69) is 25.8 Å². The van der Waals surface area contributed by atoms with Crippen LogP contribution in [0.1, 0.15) is 31.6 Å². The number of nitrogens with zero attached hydrogens (tertiary/aromatic N) is 2. The van der Waals surface area contributed by atoms with Gasteiger partial charge in [0.2, 0.25) is 0 Å². The second-order valence-electron chi connectivity index (χ2n) is 5.64. The second-order valence-corrected chi connectivity index (χ2v) is 6.80. The van der Waals surface area contributed by atoms with Crippen molar-refractivity contribution in [3.05, 3.63) is 51.7 Å². The molecule has 1 atom stereocenters. The topological polar surface area (TPSA) is 81.5 Å². The van der Waals surface area contributed by atoms with Gasteiger partial charge in [-0.1, -0.05) is 44.7 Å². The predicted octanol–water partition coefficient (Wildman–Crippen LogP) is 3.63. The van der Waals surface area contributed by atoms with Crippen molar-refractivity contribution < 1.29 is 4.92 Å². The largest absolute Gasteiger partial charge is 0.378 e. The zero-order valence-corrected chi connectivity index (χ0v) is 12.5. The number of non-ortho nitro benzene ring substituents is 1. The van der Waals surface area contributed by atoms with Crippen LogP contribution < -0.4 is 5.73 Å². The molecule has 0 saturated heterocycles. The van der Waals surface area contributed by atoms with Crippen LogP contribution in [0.5, 0.6) is 0 Å². The number of allylic oxidation sites excluding steroid dienone is 1. The molecule has 0 spiro atoms. The number of benzene rings is 1. The summed E-state index contributed by atoms with van der Waals surface area (Å²) >= 11 is 1.41. The Bertz CT molecular complexity index is 603. The Kier molecular flexibility index (Phi) is 3.85. The van der Waals surface area contributed by atoms with Crippen LogP contribution in [-0.2, 0) is 0 Å². The van der Waals surface area contributed by atoms with Gasteiger partial charge in [0.1, 0.15) is 0 Å². The van der Waals surface area contributed by atoms with Crippen LogP contribution in [0.4, 0.5) is 5.69 Å². The third kappa shape index (κ3) is 3.19. The smallest absolute Gasteiger partial charge is 0.269 e. The summed E-state index contributed by atoms with van der Waals surface area (Å²) in [5.41, 5.74) is 7.64. The molecule has 0 radical (unpaired) electrons. The Labute approximate surface area is 122 Å². The molecule has 0 aromatic heterocycles. The highest BCUT2D eigenvalue weighted by molar-refractivity contribution is 8.14. The van der Waals surface area contributed by atoms with Crippen molar-refractivity contribution in [1.82, 2.24) is 0 Å². The maximum absolute atomic E-state index is 10.9. The van der Waals surface area contributed by atoms with Crippen molar-refractivity contribution in [2.75, 3.05) is 0 Å². The molecule has 1 aliphatic heterocycles. The van der Waals surface area contributed by atoms with E-state index < -0.39 is 0 Å². The van der Waals surface area contributed by atoms with Crippen LogP contribution in [0, 0.1) is 15.5 Å². The SMILES string of the molecule is CC(C)(C)C1=CC(c2cccc([N+](=O)[O-])c2)SC(N)=N1. The number of amidine groups is 1. The highest BCUT2D eigenvalue weighted by atomic mass is 32.2. The lowest BCUT2D eigenvalue weighted by molar-refractivity contribution is -0.384. The monoisotopic (exact) mass is 291 g/mol. The number of hydrogen-bond donors (Lipinski definition) is 1. The number of aliphatic imine (C=N–C) groups is 1. The third-order valence-electron chi connectivity index (χ3n) is 2.97. The quantitative estimate of drug-likeness (QED) is 0.666. The molecule has 0 aliphatic carbocycles. The minimum absolute atomic E-state index is 0.0402. The second kappa shape index (κ2) is 5.28. The summed E-state index contributed by atoms with van der Waals surface area (Å²) in [6.07, 6.45) is 2.03. The molecule has 5 nitrogen and oxygen atoms in total. The zero-order valence-electron chi connectivity index (χ0n) is 11.7. The van der Waals surface area contributed by atoms with Gasteiger partial charge in [-0.3, -0.25) is 10.1 Å². The molecule has 1 aromatic carbocycles. The van der Waals surface area contributed by atoms with Crippen molar-refractivity contribution in [1.29, 1.82) is 0 Å². The van der Waals surface area contributed by atoms with E-state index in [0.29, 0.717) is 5.17 Å². The Morgan fingerprint density at radius 3 is 2.70 bits per heavy atom. The molecule has 0 bridgehead atoms. The van der Waals surface area contributed by atoms with Crippen molar-refractivity contribution >= 4 is 22.6 Å². The molecule has 1 heterocycles. The molecule has 2 N–H and O–H groups in total. The van der Waals surface area contributed by atoms with Crippen LogP contribution in [-0.4, -0.2) is 10.1 Å². The predicted molar refractivity (Wildman–Crippen MR) is 82.6 cm³/mol. The van der Waals surface area contributed by atoms with Crippen LogP contribution in [0.3, 0.4) is 0 Å². The van der Waals surface area contributed by atoms with Gasteiger partial charge < -0.3 is 5.73 Å². The van der Waals surface area contributed by atoms with Crippen molar-refractivity contribution in [3.63, 3.8) is 0 Å². The molecule has 2 rings (SSSR count). The first kappa shape index (κ1) is 14.6. The minimum Gasteiger partial charge on any atom is -0.378 e. The van der Waals surface area contributed by atoms with Gasteiger partial charge in [-0.2, -0.15) is 0 Å². The summed E-state index contributed by atoms with van der Waals surface area (Å²) in [6.45, 7) is 6.20. The van der Waals surface area contributed by atoms with Crippen LogP contribution in [0.15, 0.2) is 41.0 Å². The number of thioether (sulfide) groups is 1. The minimum atomic E-state index is -0.386. The lowest BCUT2D eigenvalue weighted by Crippen LogP contribution is -2.19. The van der Waals surface area contributed by atoms with E-state index in [-0.39, 0.29) is 21.3 Å². The van der Waals surface area contributed by atoms with Gasteiger partial charge >= 0.3 is 0 Å². The summed E-state index contributed by atoms with van der Waals surface area (Å²) < 4.78 is 0. The van der Waals surface area contributed by atoms with E-state index in [0.717, 1.165) is 11.3 Å². The Balaban J connectivity index is 2.39. The van der Waals surface area contributed by atoms with E-state index in [4.69, 9.17) is 5.73 Å². The van der Waals surface area contributed by atoms with E-state index in [9.17, 15) is 10.1 Å². The van der Waals surface area contributed by atoms with Crippen molar-refractivity contribution in [2.45, 2.75) is 26.0 Å². The van der Waals surface area contributed by atoms with Crippen LogP contribution in [0.25, 0.3) is 0 Å². The number of nitro benzene ring substituents is 1. The third-order valence-corrected chi connectivity index (χ3v) is 3.96. The lowest BCUT2D eigenvalue weighted by Gasteiger charge is -2.26. The summed E-state index contributed by atoms with van der Waals surface area (Å²) in [5, 5.41) is 11.3. The first-order chi connectivity index (χ1) is 9.27. The zero-order chi connectivity index (χ0) is 14.9. The number of nitrogens with two attached hydrogens (primary N) is 1. The van der Waals surface area contributed by atoms with Crippen LogP contribution in [0.2, 0.25) is 0 Å². The molecular formula is C14H17N3O2S. The fraction of sp³-hybridized carbons (Fsp3) is 0.357. The average molecular weight is 291 g/mol. The highest BCUT2D eigenvalue weighted by Gasteiger charge is 2.25. The first-order valence-electron chi connectivity index (χ1n) is 6.25. The summed E-state index contributed by atoms with van der Waals surface area (Å²) in [6, 6.07) is 6.65. The molecule has 106 valence electrons. The van der Waals surface area contributed by atoms with E-state index in [1.807, 2.05) is 12.1 Å². The van der Waals surface area contributed by atoms with Crippen molar-refractivity contribution in [2.24, 2.45) is 16.1 Å². The van der Waals surface area contributed by atoms with E-state index in [1.165, 1.54) is 17.8 Å². The first-order valence-corrected chi connectivity index (χ1v) is 7.13. The fourth-order valence-corrected chi connectivity index (χ4v) is 2.78. The molecule has 0 amide bonds. The number of hydrogen-bond acceptors (Lipinski definition) is 5. The molecule has 1 aliphatic rings. The number of nitro groups is 1. The fourth-order valence-electron chi connectivity index (χ4n) is 1.89. The Morgan fingerprint density at radius 1 is 1.40 bits per heavy atom. The van der Waals surface area contributed by atoms with Gasteiger partial charge in [-0.15, -0.1) is 0 Å². The maximum Gasteiger partial charge on any atom is 0.269 e. The summed E-state index contributed by atoms with van der Waals surface area (Å²) in [4.78, 5) is 14.8. The molecule has 6 heteroatoms. The highest BCUT2D eigenvalue weighted by Crippen LogP contribution is 2.40. The molecular weight excluding hydrogens is 274 g/mol. The van der Waals surface area contributed by atoms with Gasteiger partial charge in [0.05, 0.1) is 10.2 Å². The Morgan fingerprint density at radius 2 is 2.10 bits per heavy atom. The number of rotatable bonds is 2. The standard InChI is InChI=1S/C14H17N3O2S/c1-14(2,3)12-8-11(20-13(15)16-12)9-5-4-6-10(7-9)17(18)19/h4-8,11H,1-3H3,(H2,15,16). The van der Waals surface area contributed by atoms with Crippen LogP contribution >= 0.6 is 11.8 Å². The van der Waals surface area contributed by atoms with Gasteiger partial charge in [0.25, 0.3) is 5.69 Å². The molecule has 0 fully saturated rings.